The van der Waals surface area contributed by atoms with E-state index in [2.05, 4.69) is 4.90 Å². The fourth-order valence-electron chi connectivity index (χ4n) is 4.26. The van der Waals surface area contributed by atoms with Crippen LogP contribution in [0.5, 0.6) is 0 Å². The van der Waals surface area contributed by atoms with E-state index in [-0.39, 0.29) is 16.8 Å². The Hall–Kier alpha value is -3.48. The first-order valence-electron chi connectivity index (χ1n) is 11.3. The van der Waals surface area contributed by atoms with Crippen LogP contribution in [-0.2, 0) is 29.2 Å². The second-order valence-electron chi connectivity index (χ2n) is 8.54. The van der Waals surface area contributed by atoms with E-state index < -0.39 is 27.6 Å². The van der Waals surface area contributed by atoms with Gasteiger partial charge < -0.3 is 25.1 Å². The van der Waals surface area contributed by atoms with Crippen molar-refractivity contribution in [2.45, 2.75) is 43.4 Å². The highest BCUT2D eigenvalue weighted by Crippen LogP contribution is 2.29. The van der Waals surface area contributed by atoms with Crippen LogP contribution in [-0.4, -0.2) is 63.0 Å². The third kappa shape index (κ3) is 5.83. The van der Waals surface area contributed by atoms with Gasteiger partial charge in [0, 0.05) is 44.4 Å². The standard InChI is InChI=1S/C24H31N5O6S/c1-17(30)29(20-13-15-28(16-14-20)19-11-9-18(10-12-19)22(25)26)24(2,34-3)23(31)35-27-36(32,33)21-7-5-4-6-8-21/h4-12,20,27H,13-16H2,1-3H3,(H3,25,26)/t24-/m0/s1. The molecule has 0 spiro atoms. The molecule has 1 atom stereocenters. The van der Waals surface area contributed by atoms with E-state index in [4.69, 9.17) is 20.7 Å². The highest BCUT2D eigenvalue weighted by molar-refractivity contribution is 7.89. The molecule has 1 saturated heterocycles. The van der Waals surface area contributed by atoms with Crippen LogP contribution in [0.2, 0.25) is 0 Å². The van der Waals surface area contributed by atoms with Crippen LogP contribution < -0.4 is 15.5 Å². The number of sulfonamides is 1. The number of nitrogens with two attached hydrogens (primary N) is 1. The summed E-state index contributed by atoms with van der Waals surface area (Å²) in [5, 5.41) is 7.52. The van der Waals surface area contributed by atoms with Gasteiger partial charge in [-0.1, -0.05) is 18.2 Å². The summed E-state index contributed by atoms with van der Waals surface area (Å²) in [6, 6.07) is 14.4. The third-order valence-electron chi connectivity index (χ3n) is 6.25. The quantitative estimate of drug-likeness (QED) is 0.196. The Morgan fingerprint density at radius 1 is 1.11 bits per heavy atom. The van der Waals surface area contributed by atoms with Gasteiger partial charge in [-0.05, 0) is 61.0 Å². The highest BCUT2D eigenvalue weighted by Gasteiger charge is 2.47. The van der Waals surface area contributed by atoms with Gasteiger partial charge in [-0.25, -0.2) is 13.2 Å². The van der Waals surface area contributed by atoms with Gasteiger partial charge in [0.05, 0.1) is 4.90 Å². The lowest BCUT2D eigenvalue weighted by Gasteiger charge is -2.45. The van der Waals surface area contributed by atoms with Crippen LogP contribution in [0.3, 0.4) is 0 Å². The molecule has 0 bridgehead atoms. The molecule has 3 rings (SSSR count). The lowest BCUT2D eigenvalue weighted by atomic mass is 9.99. The highest BCUT2D eigenvalue weighted by atomic mass is 32.2. The minimum absolute atomic E-state index is 0.00541. The van der Waals surface area contributed by atoms with Crippen molar-refractivity contribution in [3.63, 3.8) is 0 Å². The first-order chi connectivity index (χ1) is 17.0. The number of hydrogen-bond donors (Lipinski definition) is 3. The normalized spacial score (nSPS) is 16.1. The summed E-state index contributed by atoms with van der Waals surface area (Å²) >= 11 is 0. The van der Waals surface area contributed by atoms with E-state index >= 15 is 0 Å². The molecular weight excluding hydrogens is 486 g/mol. The topological polar surface area (TPSA) is 155 Å². The first kappa shape index (κ1) is 27.1. The molecule has 11 nitrogen and oxygen atoms in total. The molecule has 2 aromatic carbocycles. The summed E-state index contributed by atoms with van der Waals surface area (Å²) in [4.78, 5) is 35.8. The molecule has 1 fully saturated rings. The number of amidine groups is 1. The van der Waals surface area contributed by atoms with E-state index in [9.17, 15) is 18.0 Å². The molecule has 36 heavy (non-hydrogen) atoms. The van der Waals surface area contributed by atoms with Crippen LogP contribution >= 0.6 is 0 Å². The van der Waals surface area contributed by atoms with Gasteiger partial charge in [0.15, 0.2) is 0 Å². The third-order valence-corrected chi connectivity index (χ3v) is 7.44. The van der Waals surface area contributed by atoms with E-state index in [0.29, 0.717) is 31.5 Å². The van der Waals surface area contributed by atoms with Crippen molar-refractivity contribution in [2.24, 2.45) is 5.73 Å². The predicted octanol–water partition coefficient (Wildman–Crippen LogP) is 1.59. The number of rotatable bonds is 9. The molecule has 2 aromatic rings. The van der Waals surface area contributed by atoms with Crippen molar-refractivity contribution in [2.75, 3.05) is 25.1 Å². The fraction of sp³-hybridized carbons (Fsp3) is 0.375. The number of hydrogen-bond acceptors (Lipinski definition) is 8. The molecule has 0 unspecified atom stereocenters. The first-order valence-corrected chi connectivity index (χ1v) is 12.8. The molecule has 1 heterocycles. The molecule has 194 valence electrons. The molecule has 4 N–H and O–H groups in total. The average Bonchev–Trinajstić information content (AvgIpc) is 2.88. The number of ether oxygens (including phenoxy) is 1. The van der Waals surface area contributed by atoms with E-state index in [0.717, 1.165) is 5.69 Å². The van der Waals surface area contributed by atoms with Gasteiger partial charge in [0.25, 0.3) is 10.0 Å². The zero-order chi connectivity index (χ0) is 26.5. The molecule has 0 aromatic heterocycles. The second kappa shape index (κ2) is 11.1. The van der Waals surface area contributed by atoms with Gasteiger partial charge in [-0.15, -0.1) is 0 Å². The maximum Gasteiger partial charge on any atom is 0.379 e. The number of carbonyl (C=O) groups is 2. The Balaban J connectivity index is 1.71. The number of nitrogens with zero attached hydrogens (tertiary/aromatic N) is 2. The van der Waals surface area contributed by atoms with E-state index in [1.165, 1.54) is 50.1 Å². The van der Waals surface area contributed by atoms with Crippen LogP contribution in [0.25, 0.3) is 0 Å². The number of nitrogen functional groups attached to an aromatic ring is 1. The number of carbonyl (C=O) groups excluding carboxylic acids is 2. The largest absolute Gasteiger partial charge is 0.384 e. The van der Waals surface area contributed by atoms with Crippen LogP contribution in [0.1, 0.15) is 32.3 Å². The van der Waals surface area contributed by atoms with Gasteiger partial charge >= 0.3 is 5.97 Å². The Bertz CT molecular complexity index is 1200. The summed E-state index contributed by atoms with van der Waals surface area (Å²) in [5.41, 5.74) is 5.25. The van der Waals surface area contributed by atoms with Crippen LogP contribution in [0.15, 0.2) is 59.5 Å². The number of benzene rings is 2. The van der Waals surface area contributed by atoms with Gasteiger partial charge in [0.2, 0.25) is 11.6 Å². The lowest BCUT2D eigenvalue weighted by Crippen LogP contribution is -2.62. The maximum absolute atomic E-state index is 13.0. The summed E-state index contributed by atoms with van der Waals surface area (Å²) in [6.07, 6.45) is 1.08. The second-order valence-corrected chi connectivity index (χ2v) is 10.2. The summed E-state index contributed by atoms with van der Waals surface area (Å²) < 4.78 is 30.3. The molecule has 1 aliphatic rings. The molecule has 0 saturated carbocycles. The van der Waals surface area contributed by atoms with Crippen molar-refractivity contribution in [1.29, 1.82) is 5.41 Å². The Labute approximate surface area is 210 Å². The number of amides is 1. The summed E-state index contributed by atoms with van der Waals surface area (Å²) in [5.74, 6) is -1.48. The number of piperidine rings is 1. The predicted molar refractivity (Wildman–Crippen MR) is 133 cm³/mol. The van der Waals surface area contributed by atoms with Gasteiger partial charge in [0.1, 0.15) is 5.84 Å². The number of anilines is 1. The molecule has 1 amide bonds. The zero-order valence-corrected chi connectivity index (χ0v) is 21.2. The lowest BCUT2D eigenvalue weighted by molar-refractivity contribution is -0.204. The smallest absolute Gasteiger partial charge is 0.379 e. The van der Waals surface area contributed by atoms with E-state index in [1.807, 2.05) is 17.0 Å². The SMILES string of the molecule is CO[C@@](C)(C(=O)ONS(=O)(=O)c1ccccc1)N(C(C)=O)C1CCN(c2ccc(C(=N)N)cc2)CC1. The number of methoxy groups -OCH3 is 1. The Kier molecular flexibility index (Phi) is 8.33. The van der Waals surface area contributed by atoms with Crippen molar-refractivity contribution >= 4 is 33.4 Å². The van der Waals surface area contributed by atoms with Crippen molar-refractivity contribution in [3.05, 3.63) is 60.2 Å². The molecule has 12 heteroatoms. The molecular formula is C24H31N5O6S. The van der Waals surface area contributed by atoms with Crippen LogP contribution in [0, 0.1) is 5.41 Å². The minimum atomic E-state index is -4.12. The van der Waals surface area contributed by atoms with Gasteiger partial charge in [-0.2, -0.15) is 0 Å². The minimum Gasteiger partial charge on any atom is -0.384 e. The summed E-state index contributed by atoms with van der Waals surface area (Å²) in [7, 11) is -2.86. The fourth-order valence-corrected chi connectivity index (χ4v) is 5.05. The molecule has 1 aliphatic heterocycles. The maximum atomic E-state index is 13.0. The Morgan fingerprint density at radius 3 is 2.19 bits per heavy atom. The number of nitrogens with one attached hydrogen (secondary N) is 2. The van der Waals surface area contributed by atoms with Crippen LogP contribution in [0.4, 0.5) is 5.69 Å². The van der Waals surface area contributed by atoms with Gasteiger partial charge in [-0.3, -0.25) is 10.2 Å². The monoisotopic (exact) mass is 517 g/mol. The Morgan fingerprint density at radius 2 is 1.69 bits per heavy atom. The zero-order valence-electron chi connectivity index (χ0n) is 20.4. The van der Waals surface area contributed by atoms with Crippen molar-refractivity contribution in [1.82, 2.24) is 9.79 Å². The summed E-state index contributed by atoms with van der Waals surface area (Å²) in [6.45, 7) is 3.90. The molecule has 0 aliphatic carbocycles. The average molecular weight is 518 g/mol. The van der Waals surface area contributed by atoms with E-state index in [1.54, 1.807) is 18.2 Å². The van der Waals surface area contributed by atoms with Crippen molar-refractivity contribution in [3.8, 4) is 0 Å². The molecule has 0 radical (unpaired) electrons. The van der Waals surface area contributed by atoms with Crippen molar-refractivity contribution < 1.29 is 27.6 Å².